The average molecular weight is 449 g/mol. The molecule has 3 rings (SSSR count). The molecule has 0 saturated heterocycles. The van der Waals surface area contributed by atoms with Crippen molar-refractivity contribution in [2.24, 2.45) is 0 Å². The Hall–Kier alpha value is -2.72. The standard InChI is InChI=1S/C20H24N4O4S2/c1-5-16(24(30(4,26)27)15-10-13(2)9-14(3)11-15)20(25)21-12-18-22-19(23-28-18)17-7-6-8-29-17/h6-11,16H,5,12H2,1-4H3,(H,21,25). The van der Waals surface area contributed by atoms with Crippen molar-refractivity contribution >= 4 is 33.0 Å². The number of sulfonamides is 1. The topological polar surface area (TPSA) is 105 Å². The molecular formula is C20H24N4O4S2. The first-order chi connectivity index (χ1) is 14.2. The van der Waals surface area contributed by atoms with Crippen LogP contribution in [0.1, 0.15) is 30.4 Å². The number of thiophene rings is 1. The molecule has 0 saturated carbocycles. The summed E-state index contributed by atoms with van der Waals surface area (Å²) in [5, 5.41) is 8.54. The van der Waals surface area contributed by atoms with E-state index in [-0.39, 0.29) is 12.4 Å². The number of hydrogen-bond acceptors (Lipinski definition) is 7. The van der Waals surface area contributed by atoms with Gasteiger partial charge in [0, 0.05) is 0 Å². The van der Waals surface area contributed by atoms with E-state index in [0.717, 1.165) is 22.3 Å². The number of carbonyl (C=O) groups is 1. The van der Waals surface area contributed by atoms with E-state index in [4.69, 9.17) is 4.52 Å². The molecular weight excluding hydrogens is 424 g/mol. The van der Waals surface area contributed by atoms with Gasteiger partial charge >= 0.3 is 0 Å². The summed E-state index contributed by atoms with van der Waals surface area (Å²) >= 11 is 1.48. The first-order valence-corrected chi connectivity index (χ1v) is 12.1. The van der Waals surface area contributed by atoms with Gasteiger partial charge in [-0.2, -0.15) is 4.98 Å². The minimum atomic E-state index is -3.69. The number of aryl methyl sites for hydroxylation is 2. The van der Waals surface area contributed by atoms with E-state index in [1.165, 1.54) is 15.6 Å². The number of rotatable bonds is 8. The van der Waals surface area contributed by atoms with Crippen LogP contribution >= 0.6 is 11.3 Å². The monoisotopic (exact) mass is 448 g/mol. The molecule has 10 heteroatoms. The van der Waals surface area contributed by atoms with E-state index in [1.807, 2.05) is 37.4 Å². The predicted molar refractivity (Wildman–Crippen MR) is 117 cm³/mol. The highest BCUT2D eigenvalue weighted by Crippen LogP contribution is 2.25. The molecule has 8 nitrogen and oxygen atoms in total. The molecule has 2 aromatic heterocycles. The van der Waals surface area contributed by atoms with Gasteiger partial charge in [0.2, 0.25) is 27.6 Å². The van der Waals surface area contributed by atoms with Gasteiger partial charge in [-0.15, -0.1) is 11.3 Å². The number of nitrogens with one attached hydrogen (secondary N) is 1. The first-order valence-electron chi connectivity index (χ1n) is 9.41. The Morgan fingerprint density at radius 1 is 1.27 bits per heavy atom. The zero-order valence-electron chi connectivity index (χ0n) is 17.2. The van der Waals surface area contributed by atoms with E-state index in [1.54, 1.807) is 19.1 Å². The lowest BCUT2D eigenvalue weighted by atomic mass is 10.1. The second-order valence-electron chi connectivity index (χ2n) is 7.04. The minimum absolute atomic E-state index is 0.0121. The average Bonchev–Trinajstić information content (AvgIpc) is 3.33. The maximum atomic E-state index is 12.9. The largest absolute Gasteiger partial charge is 0.345 e. The molecule has 1 aromatic carbocycles. The first kappa shape index (κ1) is 22.0. The Labute approximate surface area is 180 Å². The van der Waals surface area contributed by atoms with E-state index in [0.29, 0.717) is 17.9 Å². The van der Waals surface area contributed by atoms with Crippen LogP contribution in [-0.2, 0) is 21.4 Å². The van der Waals surface area contributed by atoms with E-state index >= 15 is 0 Å². The molecule has 0 aliphatic carbocycles. The van der Waals surface area contributed by atoms with Crippen LogP contribution in [-0.4, -0.2) is 36.8 Å². The van der Waals surface area contributed by atoms with Crippen molar-refractivity contribution in [2.75, 3.05) is 10.6 Å². The van der Waals surface area contributed by atoms with Gasteiger partial charge in [0.25, 0.3) is 0 Å². The highest BCUT2D eigenvalue weighted by Gasteiger charge is 2.31. The zero-order valence-corrected chi connectivity index (χ0v) is 18.9. The summed E-state index contributed by atoms with van der Waals surface area (Å²) in [6.45, 7) is 5.56. The summed E-state index contributed by atoms with van der Waals surface area (Å²) in [5.74, 6) is 0.270. The number of nitrogens with zero attached hydrogens (tertiary/aromatic N) is 3. The summed E-state index contributed by atoms with van der Waals surface area (Å²) in [5.41, 5.74) is 2.30. The van der Waals surface area contributed by atoms with Crippen LogP contribution in [0.5, 0.6) is 0 Å². The second-order valence-corrected chi connectivity index (χ2v) is 9.84. The number of hydrogen-bond donors (Lipinski definition) is 1. The molecule has 0 spiro atoms. The van der Waals surface area contributed by atoms with Crippen molar-refractivity contribution in [1.82, 2.24) is 15.5 Å². The van der Waals surface area contributed by atoms with Gasteiger partial charge < -0.3 is 9.84 Å². The Morgan fingerprint density at radius 2 is 1.97 bits per heavy atom. The Morgan fingerprint density at radius 3 is 2.53 bits per heavy atom. The fourth-order valence-corrected chi connectivity index (χ4v) is 5.10. The normalized spacial score (nSPS) is 12.5. The number of anilines is 1. The van der Waals surface area contributed by atoms with Crippen LogP contribution < -0.4 is 9.62 Å². The summed E-state index contributed by atoms with van der Waals surface area (Å²) in [7, 11) is -3.69. The molecule has 0 aliphatic rings. The van der Waals surface area contributed by atoms with Crippen LogP contribution in [0.4, 0.5) is 5.69 Å². The van der Waals surface area contributed by atoms with Gasteiger partial charge in [-0.3, -0.25) is 9.10 Å². The summed E-state index contributed by atoms with van der Waals surface area (Å²) in [4.78, 5) is 18.0. The predicted octanol–water partition coefficient (Wildman–Crippen LogP) is 3.28. The number of amides is 1. The smallest absolute Gasteiger partial charge is 0.246 e. The molecule has 160 valence electrons. The lowest BCUT2D eigenvalue weighted by molar-refractivity contribution is -0.122. The molecule has 30 heavy (non-hydrogen) atoms. The lowest BCUT2D eigenvalue weighted by Crippen LogP contribution is -2.49. The number of aromatic nitrogens is 2. The van der Waals surface area contributed by atoms with E-state index in [9.17, 15) is 13.2 Å². The Kier molecular flexibility index (Phi) is 6.57. The summed E-state index contributed by atoms with van der Waals surface area (Å²) in [6, 6.07) is 8.33. The summed E-state index contributed by atoms with van der Waals surface area (Å²) in [6.07, 6.45) is 1.40. The van der Waals surface area contributed by atoms with Crippen molar-refractivity contribution in [3.05, 3.63) is 52.7 Å². The quantitative estimate of drug-likeness (QED) is 0.567. The van der Waals surface area contributed by atoms with Gasteiger partial charge in [-0.1, -0.05) is 24.2 Å². The molecule has 1 atom stereocenters. The van der Waals surface area contributed by atoms with E-state index < -0.39 is 22.0 Å². The molecule has 0 radical (unpaired) electrons. The molecule has 1 N–H and O–H groups in total. The Bertz CT molecular complexity index is 1100. The lowest BCUT2D eigenvalue weighted by Gasteiger charge is -2.30. The highest BCUT2D eigenvalue weighted by molar-refractivity contribution is 7.92. The van der Waals surface area contributed by atoms with Crippen molar-refractivity contribution in [3.63, 3.8) is 0 Å². The SMILES string of the molecule is CCC(C(=O)NCc1nc(-c2cccs2)no1)N(c1cc(C)cc(C)c1)S(C)(=O)=O. The van der Waals surface area contributed by atoms with Gasteiger partial charge in [-0.05, 0) is 55.0 Å². The third kappa shape index (κ3) is 5.06. The Balaban J connectivity index is 1.79. The maximum absolute atomic E-state index is 12.9. The highest BCUT2D eigenvalue weighted by atomic mass is 32.2. The van der Waals surface area contributed by atoms with Crippen LogP contribution in [0.25, 0.3) is 10.7 Å². The van der Waals surface area contributed by atoms with Crippen LogP contribution in [0.2, 0.25) is 0 Å². The number of carbonyl (C=O) groups excluding carboxylic acids is 1. The third-order valence-corrected chi connectivity index (χ3v) is 6.46. The molecule has 2 heterocycles. The third-order valence-electron chi connectivity index (χ3n) is 4.41. The number of benzene rings is 1. The molecule has 1 amide bonds. The second kappa shape index (κ2) is 8.97. The van der Waals surface area contributed by atoms with Crippen LogP contribution in [0, 0.1) is 13.8 Å². The van der Waals surface area contributed by atoms with Crippen molar-refractivity contribution in [2.45, 2.75) is 39.8 Å². The van der Waals surface area contributed by atoms with Gasteiger partial charge in [0.15, 0.2) is 0 Å². The fraction of sp³-hybridized carbons (Fsp3) is 0.350. The van der Waals surface area contributed by atoms with Crippen molar-refractivity contribution in [3.8, 4) is 10.7 Å². The van der Waals surface area contributed by atoms with Gasteiger partial charge in [0.05, 0.1) is 23.4 Å². The summed E-state index contributed by atoms with van der Waals surface area (Å²) < 4.78 is 31.5. The molecule has 0 fully saturated rings. The van der Waals surface area contributed by atoms with Crippen molar-refractivity contribution < 1.29 is 17.7 Å². The van der Waals surface area contributed by atoms with Crippen LogP contribution in [0.15, 0.2) is 40.2 Å². The fourth-order valence-electron chi connectivity index (χ4n) is 3.25. The zero-order chi connectivity index (χ0) is 21.9. The maximum Gasteiger partial charge on any atom is 0.246 e. The molecule has 1 unspecified atom stereocenters. The van der Waals surface area contributed by atoms with Gasteiger partial charge in [0.1, 0.15) is 6.04 Å². The van der Waals surface area contributed by atoms with Gasteiger partial charge in [-0.25, -0.2) is 8.42 Å². The van der Waals surface area contributed by atoms with Crippen LogP contribution in [0.3, 0.4) is 0 Å². The van der Waals surface area contributed by atoms with E-state index in [2.05, 4.69) is 15.5 Å². The molecule has 0 aliphatic heterocycles. The molecule has 0 bridgehead atoms. The minimum Gasteiger partial charge on any atom is -0.345 e. The van der Waals surface area contributed by atoms with Crippen molar-refractivity contribution in [1.29, 1.82) is 0 Å². The molecule has 3 aromatic rings.